The molecule has 1 N–H and O–H groups in total. The summed E-state index contributed by atoms with van der Waals surface area (Å²) < 4.78 is 0. The SMILES string of the molecule is C=CCCC(C)NCC(CC)CC. The quantitative estimate of drug-likeness (QED) is 0.569. The minimum atomic E-state index is 0.638. The van der Waals surface area contributed by atoms with Crippen molar-refractivity contribution in [3.8, 4) is 0 Å². The van der Waals surface area contributed by atoms with Crippen LogP contribution in [0.2, 0.25) is 0 Å². The Balaban J connectivity index is 3.43. The van der Waals surface area contributed by atoms with Gasteiger partial charge in [-0.15, -0.1) is 6.58 Å². The summed E-state index contributed by atoms with van der Waals surface area (Å²) in [5.41, 5.74) is 0. The molecule has 0 radical (unpaired) electrons. The van der Waals surface area contributed by atoms with Crippen LogP contribution in [0, 0.1) is 5.92 Å². The highest BCUT2D eigenvalue weighted by Gasteiger charge is 2.05. The van der Waals surface area contributed by atoms with Gasteiger partial charge in [-0.2, -0.15) is 0 Å². The Labute approximate surface area is 83.6 Å². The van der Waals surface area contributed by atoms with Gasteiger partial charge in [-0.1, -0.05) is 32.8 Å². The topological polar surface area (TPSA) is 12.0 Å². The van der Waals surface area contributed by atoms with Crippen molar-refractivity contribution >= 4 is 0 Å². The molecule has 0 aliphatic carbocycles. The molecule has 0 spiro atoms. The molecule has 0 saturated carbocycles. The van der Waals surface area contributed by atoms with Gasteiger partial charge in [-0.25, -0.2) is 0 Å². The summed E-state index contributed by atoms with van der Waals surface area (Å²) in [6, 6.07) is 0.638. The van der Waals surface area contributed by atoms with Gasteiger partial charge in [0.05, 0.1) is 0 Å². The van der Waals surface area contributed by atoms with Crippen LogP contribution in [0.3, 0.4) is 0 Å². The smallest absolute Gasteiger partial charge is 0.00417 e. The molecule has 0 aromatic rings. The van der Waals surface area contributed by atoms with Gasteiger partial charge >= 0.3 is 0 Å². The highest BCUT2D eigenvalue weighted by molar-refractivity contribution is 4.71. The van der Waals surface area contributed by atoms with Crippen LogP contribution >= 0.6 is 0 Å². The van der Waals surface area contributed by atoms with Gasteiger partial charge in [-0.3, -0.25) is 0 Å². The summed E-state index contributed by atoms with van der Waals surface area (Å²) in [7, 11) is 0. The Morgan fingerprint density at radius 1 is 1.31 bits per heavy atom. The molecule has 1 unspecified atom stereocenters. The molecule has 0 heterocycles. The Kier molecular flexibility index (Phi) is 8.11. The molecule has 0 aromatic carbocycles. The highest BCUT2D eigenvalue weighted by atomic mass is 14.9. The van der Waals surface area contributed by atoms with Crippen molar-refractivity contribution in [3.63, 3.8) is 0 Å². The maximum absolute atomic E-state index is 3.73. The molecule has 0 rings (SSSR count). The fourth-order valence-electron chi connectivity index (χ4n) is 1.42. The van der Waals surface area contributed by atoms with Crippen molar-refractivity contribution in [2.75, 3.05) is 6.54 Å². The summed E-state index contributed by atoms with van der Waals surface area (Å²) in [6.07, 6.45) is 6.91. The monoisotopic (exact) mass is 183 g/mol. The van der Waals surface area contributed by atoms with E-state index >= 15 is 0 Å². The summed E-state index contributed by atoms with van der Waals surface area (Å²) in [5.74, 6) is 0.853. The lowest BCUT2D eigenvalue weighted by molar-refractivity contribution is 0.408. The third-order valence-corrected chi connectivity index (χ3v) is 2.71. The molecule has 0 bridgehead atoms. The van der Waals surface area contributed by atoms with Crippen LogP contribution in [0.5, 0.6) is 0 Å². The van der Waals surface area contributed by atoms with E-state index in [0.717, 1.165) is 12.3 Å². The van der Waals surface area contributed by atoms with E-state index in [1.165, 1.54) is 25.8 Å². The van der Waals surface area contributed by atoms with Gasteiger partial charge in [0, 0.05) is 6.04 Å². The third kappa shape index (κ3) is 6.83. The van der Waals surface area contributed by atoms with Gasteiger partial charge in [0.25, 0.3) is 0 Å². The Morgan fingerprint density at radius 2 is 1.92 bits per heavy atom. The average Bonchev–Trinajstić information content (AvgIpc) is 2.16. The van der Waals surface area contributed by atoms with Crippen LogP contribution in [-0.4, -0.2) is 12.6 Å². The zero-order valence-corrected chi connectivity index (χ0v) is 9.47. The number of nitrogens with one attached hydrogen (secondary N) is 1. The Morgan fingerprint density at radius 3 is 2.38 bits per heavy atom. The molecule has 1 heteroatoms. The zero-order valence-electron chi connectivity index (χ0n) is 9.47. The molecule has 0 aromatic heterocycles. The van der Waals surface area contributed by atoms with Crippen LogP contribution in [0.4, 0.5) is 0 Å². The van der Waals surface area contributed by atoms with Crippen LogP contribution in [-0.2, 0) is 0 Å². The normalized spacial score (nSPS) is 13.2. The first-order valence-corrected chi connectivity index (χ1v) is 5.58. The van der Waals surface area contributed by atoms with Crippen LogP contribution < -0.4 is 5.32 Å². The number of rotatable bonds is 8. The molecular formula is C12H25N. The summed E-state index contributed by atoms with van der Waals surface area (Å²) in [4.78, 5) is 0. The third-order valence-electron chi connectivity index (χ3n) is 2.71. The second kappa shape index (κ2) is 8.31. The summed E-state index contributed by atoms with van der Waals surface area (Å²) >= 11 is 0. The maximum Gasteiger partial charge on any atom is 0.00417 e. The molecule has 78 valence electrons. The van der Waals surface area contributed by atoms with E-state index in [4.69, 9.17) is 0 Å². The lowest BCUT2D eigenvalue weighted by Crippen LogP contribution is -2.30. The number of allylic oxidation sites excluding steroid dienone is 1. The van der Waals surface area contributed by atoms with E-state index in [1.807, 2.05) is 6.08 Å². The highest BCUT2D eigenvalue weighted by Crippen LogP contribution is 2.06. The second-order valence-corrected chi connectivity index (χ2v) is 3.86. The molecule has 0 aliphatic rings. The molecular weight excluding hydrogens is 158 g/mol. The van der Waals surface area contributed by atoms with Gasteiger partial charge in [0.2, 0.25) is 0 Å². The van der Waals surface area contributed by atoms with E-state index in [1.54, 1.807) is 0 Å². The van der Waals surface area contributed by atoms with E-state index < -0.39 is 0 Å². The Hall–Kier alpha value is -0.300. The minimum Gasteiger partial charge on any atom is -0.314 e. The molecule has 0 aliphatic heterocycles. The first-order valence-electron chi connectivity index (χ1n) is 5.58. The zero-order chi connectivity index (χ0) is 10.1. The van der Waals surface area contributed by atoms with E-state index in [-0.39, 0.29) is 0 Å². The fraction of sp³-hybridized carbons (Fsp3) is 0.833. The van der Waals surface area contributed by atoms with E-state index in [0.29, 0.717) is 6.04 Å². The molecule has 13 heavy (non-hydrogen) atoms. The lowest BCUT2D eigenvalue weighted by Gasteiger charge is -2.17. The van der Waals surface area contributed by atoms with Crippen molar-refractivity contribution in [1.29, 1.82) is 0 Å². The number of hydrogen-bond acceptors (Lipinski definition) is 1. The van der Waals surface area contributed by atoms with Crippen molar-refractivity contribution in [1.82, 2.24) is 5.32 Å². The van der Waals surface area contributed by atoms with Crippen molar-refractivity contribution in [2.45, 2.75) is 52.5 Å². The minimum absolute atomic E-state index is 0.638. The standard InChI is InChI=1S/C12H25N/c1-5-8-9-11(4)13-10-12(6-2)7-3/h5,11-13H,1,6-10H2,2-4H3. The van der Waals surface area contributed by atoms with Gasteiger partial charge in [0.1, 0.15) is 0 Å². The van der Waals surface area contributed by atoms with Crippen LogP contribution in [0.25, 0.3) is 0 Å². The van der Waals surface area contributed by atoms with Gasteiger partial charge in [-0.05, 0) is 32.2 Å². The summed E-state index contributed by atoms with van der Waals surface area (Å²) in [5, 5.41) is 3.57. The number of hydrogen-bond donors (Lipinski definition) is 1. The maximum atomic E-state index is 3.73. The molecule has 0 fully saturated rings. The van der Waals surface area contributed by atoms with E-state index in [2.05, 4.69) is 32.7 Å². The van der Waals surface area contributed by atoms with Crippen LogP contribution in [0.15, 0.2) is 12.7 Å². The average molecular weight is 183 g/mol. The van der Waals surface area contributed by atoms with Gasteiger partial charge in [0.15, 0.2) is 0 Å². The lowest BCUT2D eigenvalue weighted by atomic mass is 10.0. The second-order valence-electron chi connectivity index (χ2n) is 3.86. The molecule has 0 amide bonds. The van der Waals surface area contributed by atoms with E-state index in [9.17, 15) is 0 Å². The fourth-order valence-corrected chi connectivity index (χ4v) is 1.42. The van der Waals surface area contributed by atoms with Crippen molar-refractivity contribution < 1.29 is 0 Å². The first kappa shape index (κ1) is 12.7. The largest absolute Gasteiger partial charge is 0.314 e. The van der Waals surface area contributed by atoms with Gasteiger partial charge < -0.3 is 5.32 Å². The Bertz CT molecular complexity index is 116. The van der Waals surface area contributed by atoms with Crippen LogP contribution in [0.1, 0.15) is 46.5 Å². The predicted molar refractivity (Wildman–Crippen MR) is 61.0 cm³/mol. The van der Waals surface area contributed by atoms with Crippen molar-refractivity contribution in [3.05, 3.63) is 12.7 Å². The summed E-state index contributed by atoms with van der Waals surface area (Å²) in [6.45, 7) is 11.7. The van der Waals surface area contributed by atoms with Crippen molar-refractivity contribution in [2.24, 2.45) is 5.92 Å². The predicted octanol–water partition coefficient (Wildman–Crippen LogP) is 3.37. The first-order chi connectivity index (χ1) is 6.24. The molecule has 0 saturated heterocycles. The molecule has 1 nitrogen and oxygen atoms in total. The molecule has 1 atom stereocenters.